The molecule has 0 unspecified atom stereocenters. The second-order valence-electron chi connectivity index (χ2n) is 10.9. The molecule has 144 valence electrons. The maximum Gasteiger partial charge on any atom is 0.187 e. The lowest BCUT2D eigenvalue weighted by atomic mass is 9.48. The number of nitrogens with zero attached hydrogens (tertiary/aromatic N) is 1. The zero-order chi connectivity index (χ0) is 19.5. The van der Waals surface area contributed by atoms with Crippen LogP contribution < -0.4 is 0 Å². The molecule has 0 saturated heterocycles. The van der Waals surface area contributed by atoms with Crippen molar-refractivity contribution >= 4 is 5.69 Å². The van der Waals surface area contributed by atoms with Crippen molar-refractivity contribution in [2.75, 3.05) is 0 Å². The van der Waals surface area contributed by atoms with Gasteiger partial charge in [-0.2, -0.15) is 0 Å². The van der Waals surface area contributed by atoms with Gasteiger partial charge in [-0.25, -0.2) is 4.85 Å². The number of hydrogen-bond donors (Lipinski definition) is 0. The maximum atomic E-state index is 7.25. The first-order chi connectivity index (χ1) is 13.4. The molecule has 0 heterocycles. The summed E-state index contributed by atoms with van der Waals surface area (Å²) >= 11 is 0. The molecule has 4 aliphatic carbocycles. The summed E-state index contributed by atoms with van der Waals surface area (Å²) in [5, 5.41) is 0. The topological polar surface area (TPSA) is 4.36 Å². The minimum Gasteiger partial charge on any atom is -0.238 e. The van der Waals surface area contributed by atoms with Crippen LogP contribution in [0.1, 0.15) is 70.4 Å². The lowest BCUT2D eigenvalue weighted by Crippen LogP contribution is -2.48. The second-order valence-corrected chi connectivity index (χ2v) is 10.9. The van der Waals surface area contributed by atoms with E-state index in [2.05, 4.69) is 55.9 Å². The average Bonchev–Trinajstić information content (AvgIpc) is 2.66. The van der Waals surface area contributed by atoms with E-state index < -0.39 is 0 Å². The summed E-state index contributed by atoms with van der Waals surface area (Å²) in [6.07, 6.45) is 8.69. The molecule has 28 heavy (non-hydrogen) atoms. The molecule has 0 aromatic heterocycles. The van der Waals surface area contributed by atoms with Crippen LogP contribution in [-0.2, 0) is 10.8 Å². The molecule has 0 spiro atoms. The molecule has 1 nitrogen and oxygen atoms in total. The molecule has 6 rings (SSSR count). The highest BCUT2D eigenvalue weighted by Gasteiger charge is 2.51. The van der Waals surface area contributed by atoms with E-state index in [1.807, 2.05) is 12.1 Å². The third-order valence-electron chi connectivity index (χ3n) is 7.79. The monoisotopic (exact) mass is 369 g/mol. The molecule has 4 saturated carbocycles. The van der Waals surface area contributed by atoms with E-state index in [0.29, 0.717) is 5.41 Å². The van der Waals surface area contributed by atoms with Gasteiger partial charge in [0.05, 0.1) is 6.57 Å². The minimum atomic E-state index is 0.105. The molecule has 0 radical (unpaired) electrons. The van der Waals surface area contributed by atoms with Crippen molar-refractivity contribution in [2.24, 2.45) is 17.8 Å². The Kier molecular flexibility index (Phi) is 3.99. The predicted octanol–water partition coefficient (Wildman–Crippen LogP) is 7.67. The first-order valence-electron chi connectivity index (χ1n) is 11.0. The fourth-order valence-corrected chi connectivity index (χ4v) is 6.95. The van der Waals surface area contributed by atoms with Gasteiger partial charge in [-0.1, -0.05) is 63.2 Å². The fraction of sp³-hybridized carbons (Fsp3) is 0.519. The quantitative estimate of drug-likeness (QED) is 0.478. The second kappa shape index (κ2) is 6.21. The Morgan fingerprint density at radius 1 is 0.857 bits per heavy atom. The molecule has 4 aliphatic rings. The summed E-state index contributed by atoms with van der Waals surface area (Å²) in [6.45, 7) is 14.2. The van der Waals surface area contributed by atoms with Crippen LogP contribution in [0.4, 0.5) is 5.69 Å². The van der Waals surface area contributed by atoms with Gasteiger partial charge in [0.2, 0.25) is 0 Å². The molecule has 2 aromatic carbocycles. The van der Waals surface area contributed by atoms with E-state index in [0.717, 1.165) is 23.4 Å². The standard InChI is InChI=1S/C27H31N/c1-26(2,3)25-10-7-22(14-24(25)21-5-8-23(28-4)9-6-21)27-15-18-11-19(16-27)13-20(12-18)17-27/h5-10,14,18-20H,11-13,15-17H2,1-3H3. The van der Waals surface area contributed by atoms with Crippen molar-refractivity contribution in [3.63, 3.8) is 0 Å². The minimum absolute atomic E-state index is 0.105. The number of rotatable bonds is 2. The van der Waals surface area contributed by atoms with E-state index in [4.69, 9.17) is 6.57 Å². The van der Waals surface area contributed by atoms with Crippen LogP contribution in [-0.4, -0.2) is 0 Å². The highest BCUT2D eigenvalue weighted by molar-refractivity contribution is 5.72. The summed E-state index contributed by atoms with van der Waals surface area (Å²) in [4.78, 5) is 3.57. The van der Waals surface area contributed by atoms with Gasteiger partial charge in [-0.15, -0.1) is 0 Å². The molecule has 2 aromatic rings. The normalized spacial score (nSPS) is 31.0. The zero-order valence-corrected chi connectivity index (χ0v) is 17.5. The molecule has 4 fully saturated rings. The first kappa shape index (κ1) is 18.0. The average molecular weight is 370 g/mol. The Labute approximate surface area is 170 Å². The van der Waals surface area contributed by atoms with Gasteiger partial charge in [0.25, 0.3) is 0 Å². The van der Waals surface area contributed by atoms with Gasteiger partial charge in [-0.3, -0.25) is 0 Å². The molecular formula is C27H31N. The summed E-state index contributed by atoms with van der Waals surface area (Å²) in [5.74, 6) is 2.90. The van der Waals surface area contributed by atoms with Crippen LogP contribution in [0.15, 0.2) is 42.5 Å². The lowest BCUT2D eigenvalue weighted by molar-refractivity contribution is -0.00518. The summed E-state index contributed by atoms with van der Waals surface area (Å²) in [5.41, 5.74) is 6.88. The van der Waals surface area contributed by atoms with Crippen molar-refractivity contribution in [3.05, 3.63) is 65.0 Å². The third-order valence-corrected chi connectivity index (χ3v) is 7.79. The van der Waals surface area contributed by atoms with Crippen LogP contribution in [0.5, 0.6) is 0 Å². The van der Waals surface area contributed by atoms with Crippen LogP contribution in [0.3, 0.4) is 0 Å². The van der Waals surface area contributed by atoms with Crippen LogP contribution in [0.2, 0.25) is 0 Å². The van der Waals surface area contributed by atoms with E-state index >= 15 is 0 Å². The molecule has 0 atom stereocenters. The third kappa shape index (κ3) is 2.89. The summed E-state index contributed by atoms with van der Waals surface area (Å²) < 4.78 is 0. The van der Waals surface area contributed by atoms with Gasteiger partial charge < -0.3 is 0 Å². The lowest BCUT2D eigenvalue weighted by Gasteiger charge is -2.57. The molecule has 0 N–H and O–H groups in total. The van der Waals surface area contributed by atoms with Crippen molar-refractivity contribution in [3.8, 4) is 11.1 Å². The van der Waals surface area contributed by atoms with E-state index in [9.17, 15) is 0 Å². The number of benzene rings is 2. The molecule has 0 amide bonds. The predicted molar refractivity (Wildman–Crippen MR) is 117 cm³/mol. The zero-order valence-electron chi connectivity index (χ0n) is 17.5. The summed E-state index contributed by atoms with van der Waals surface area (Å²) in [7, 11) is 0. The van der Waals surface area contributed by atoms with Gasteiger partial charge in [0, 0.05) is 0 Å². The molecule has 0 aliphatic heterocycles. The van der Waals surface area contributed by atoms with Crippen LogP contribution in [0, 0.1) is 24.3 Å². The van der Waals surface area contributed by atoms with Gasteiger partial charge >= 0.3 is 0 Å². The Morgan fingerprint density at radius 2 is 1.43 bits per heavy atom. The van der Waals surface area contributed by atoms with E-state index in [-0.39, 0.29) is 5.41 Å². The van der Waals surface area contributed by atoms with Crippen molar-refractivity contribution in [1.82, 2.24) is 0 Å². The first-order valence-corrected chi connectivity index (χ1v) is 11.0. The Balaban J connectivity index is 1.62. The molecule has 4 bridgehead atoms. The molecule has 1 heteroatoms. The Hall–Kier alpha value is -2.07. The van der Waals surface area contributed by atoms with Crippen LogP contribution >= 0.6 is 0 Å². The van der Waals surface area contributed by atoms with Crippen molar-refractivity contribution in [2.45, 2.75) is 70.1 Å². The fourth-order valence-electron chi connectivity index (χ4n) is 6.95. The van der Waals surface area contributed by atoms with Gasteiger partial charge in [0.15, 0.2) is 5.69 Å². The molecular weight excluding hydrogens is 338 g/mol. The maximum absolute atomic E-state index is 7.25. The Bertz CT molecular complexity index is 900. The van der Waals surface area contributed by atoms with Gasteiger partial charge in [-0.05, 0) is 89.4 Å². The van der Waals surface area contributed by atoms with Crippen LogP contribution in [0.25, 0.3) is 16.0 Å². The summed E-state index contributed by atoms with van der Waals surface area (Å²) in [6, 6.07) is 15.6. The van der Waals surface area contributed by atoms with Crippen molar-refractivity contribution < 1.29 is 0 Å². The smallest absolute Gasteiger partial charge is 0.187 e. The Morgan fingerprint density at radius 3 is 1.93 bits per heavy atom. The number of hydrogen-bond acceptors (Lipinski definition) is 0. The van der Waals surface area contributed by atoms with E-state index in [1.54, 1.807) is 5.56 Å². The van der Waals surface area contributed by atoms with Crippen molar-refractivity contribution in [1.29, 1.82) is 0 Å². The van der Waals surface area contributed by atoms with E-state index in [1.165, 1.54) is 55.2 Å². The van der Waals surface area contributed by atoms with Gasteiger partial charge in [0.1, 0.15) is 0 Å². The highest BCUT2D eigenvalue weighted by atomic mass is 14.6. The largest absolute Gasteiger partial charge is 0.238 e. The SMILES string of the molecule is [C-]#[N+]c1ccc(-c2cc(C34CC5CC(CC(C5)C3)C4)ccc2C(C)(C)C)cc1. The highest BCUT2D eigenvalue weighted by Crippen LogP contribution is 2.61.